The highest BCUT2D eigenvalue weighted by Gasteiger charge is 2.36. The second kappa shape index (κ2) is 14.5. The van der Waals surface area contributed by atoms with Crippen LogP contribution >= 0.6 is 0 Å². The van der Waals surface area contributed by atoms with Crippen molar-refractivity contribution in [1.82, 2.24) is 34.8 Å². The van der Waals surface area contributed by atoms with E-state index in [0.29, 0.717) is 47.4 Å². The zero-order chi connectivity index (χ0) is 35.7. The summed E-state index contributed by atoms with van der Waals surface area (Å²) in [4.78, 5) is 25.6. The minimum Gasteiger partial charge on any atom is -0.507 e. The van der Waals surface area contributed by atoms with Crippen molar-refractivity contribution in [2.45, 2.75) is 109 Å². The van der Waals surface area contributed by atoms with E-state index in [9.17, 15) is 9.90 Å². The van der Waals surface area contributed by atoms with Crippen LogP contribution in [0.1, 0.15) is 79.2 Å². The number of phenols is 1. The molecule has 0 spiro atoms. The first kappa shape index (κ1) is 34.7. The molecular formula is C37H49N9O5. The maximum atomic E-state index is 12.3. The molecule has 14 heteroatoms. The summed E-state index contributed by atoms with van der Waals surface area (Å²) in [5, 5.41) is 27.8. The van der Waals surface area contributed by atoms with Crippen molar-refractivity contribution >= 4 is 28.9 Å². The van der Waals surface area contributed by atoms with Gasteiger partial charge in [0.1, 0.15) is 17.5 Å². The van der Waals surface area contributed by atoms with Crippen LogP contribution in [0.15, 0.2) is 42.7 Å². The summed E-state index contributed by atoms with van der Waals surface area (Å²) < 4.78 is 20.0. The van der Waals surface area contributed by atoms with E-state index in [-0.39, 0.29) is 42.2 Å². The van der Waals surface area contributed by atoms with Gasteiger partial charge in [0.15, 0.2) is 17.1 Å². The van der Waals surface area contributed by atoms with Crippen LogP contribution in [0.25, 0.3) is 22.3 Å². The molecular weight excluding hydrogens is 650 g/mol. The number of nitrogens with zero attached hydrogens (tertiary/aromatic N) is 8. The number of aromatic hydroxyl groups is 1. The van der Waals surface area contributed by atoms with Gasteiger partial charge in [-0.3, -0.25) is 4.68 Å². The number of anilines is 2. The predicted octanol–water partition coefficient (Wildman–Crippen LogP) is 5.98. The van der Waals surface area contributed by atoms with Crippen LogP contribution in [0.3, 0.4) is 0 Å². The number of fused-ring (bicyclic) bond motifs is 1. The minimum absolute atomic E-state index is 0.0806. The molecule has 2 aliphatic heterocycles. The SMILES string of the molecule is CC(C)Nc1nn(C2CCN(c3ncc(OC4CC(OC5CCN(C(=O)OC(C)(C)C)CC5)C4)cn3)CC2)c2cc(-c3ccccc3O)nnc12. The van der Waals surface area contributed by atoms with Gasteiger partial charge in [-0.25, -0.2) is 14.8 Å². The zero-order valence-corrected chi connectivity index (χ0v) is 30.2. The lowest BCUT2D eigenvalue weighted by molar-refractivity contribution is -0.110. The molecule has 1 aliphatic carbocycles. The fourth-order valence-electron chi connectivity index (χ4n) is 6.94. The molecule has 1 aromatic carbocycles. The van der Waals surface area contributed by atoms with E-state index >= 15 is 0 Å². The fraction of sp³-hybridized carbons (Fsp3) is 0.568. The van der Waals surface area contributed by atoms with E-state index in [1.165, 1.54) is 0 Å². The monoisotopic (exact) mass is 699 g/mol. The first-order valence-corrected chi connectivity index (χ1v) is 18.2. The molecule has 4 aromatic rings. The third-order valence-electron chi connectivity index (χ3n) is 9.60. The fourth-order valence-corrected chi connectivity index (χ4v) is 6.94. The quantitative estimate of drug-likeness (QED) is 0.211. The maximum absolute atomic E-state index is 12.3. The number of carbonyl (C=O) groups excluding carboxylic acids is 1. The Labute approximate surface area is 298 Å². The molecule has 1 saturated carbocycles. The summed E-state index contributed by atoms with van der Waals surface area (Å²) in [6.45, 7) is 12.7. The van der Waals surface area contributed by atoms with Gasteiger partial charge in [0.2, 0.25) is 5.95 Å². The maximum Gasteiger partial charge on any atom is 0.410 e. The standard InChI is InChI=1S/C37H49N9O5/c1-23(2)40-34-33-31(20-30(41-42-33)29-8-6-7-9-32(29)47)46(43-34)24-10-14-44(15-11-24)35-38-21-28(22-39-35)50-27-18-26(19-27)49-25-12-16-45(17-13-25)36(48)51-37(3,4)5/h6-9,20-27,47H,10-19H2,1-5H3,(H,40,43). The van der Waals surface area contributed by atoms with Crippen LogP contribution in [0.2, 0.25) is 0 Å². The summed E-state index contributed by atoms with van der Waals surface area (Å²) >= 11 is 0. The highest BCUT2D eigenvalue weighted by atomic mass is 16.6. The molecule has 2 N–H and O–H groups in total. The molecule has 0 bridgehead atoms. The van der Waals surface area contributed by atoms with Gasteiger partial charge in [-0.05, 0) is 78.5 Å². The van der Waals surface area contributed by atoms with Gasteiger partial charge < -0.3 is 34.4 Å². The van der Waals surface area contributed by atoms with Crippen molar-refractivity contribution < 1.29 is 24.1 Å². The number of benzene rings is 1. The average molecular weight is 700 g/mol. The first-order valence-electron chi connectivity index (χ1n) is 18.2. The number of para-hydroxylation sites is 1. The lowest BCUT2D eigenvalue weighted by atomic mass is 9.91. The molecule has 1 amide bonds. The minimum atomic E-state index is -0.486. The van der Waals surface area contributed by atoms with Crippen LogP contribution in [0.5, 0.6) is 11.5 Å². The van der Waals surface area contributed by atoms with Gasteiger partial charge in [-0.15, -0.1) is 10.2 Å². The summed E-state index contributed by atoms with van der Waals surface area (Å²) in [7, 11) is 0. The summed E-state index contributed by atoms with van der Waals surface area (Å²) in [6.07, 6.45) is 8.70. The molecule has 0 radical (unpaired) electrons. The molecule has 2 saturated heterocycles. The van der Waals surface area contributed by atoms with Crippen molar-refractivity contribution in [2.75, 3.05) is 36.4 Å². The Bertz CT molecular complexity index is 1800. The lowest BCUT2D eigenvalue weighted by Crippen LogP contribution is -2.46. The number of hydrogen-bond acceptors (Lipinski definition) is 12. The van der Waals surface area contributed by atoms with Crippen molar-refractivity contribution in [3.63, 3.8) is 0 Å². The van der Waals surface area contributed by atoms with Gasteiger partial charge in [0.25, 0.3) is 0 Å². The average Bonchev–Trinajstić information content (AvgIpc) is 3.44. The van der Waals surface area contributed by atoms with Crippen LogP contribution in [0, 0.1) is 0 Å². The number of amides is 1. The Morgan fingerprint density at radius 3 is 2.31 bits per heavy atom. The van der Waals surface area contributed by atoms with Crippen molar-refractivity contribution in [3.05, 3.63) is 42.7 Å². The highest BCUT2D eigenvalue weighted by Crippen LogP contribution is 2.35. The zero-order valence-electron chi connectivity index (χ0n) is 30.2. The van der Waals surface area contributed by atoms with Crippen LogP contribution in [-0.2, 0) is 9.47 Å². The van der Waals surface area contributed by atoms with E-state index < -0.39 is 5.60 Å². The van der Waals surface area contributed by atoms with Crippen LogP contribution < -0.4 is 15.0 Å². The normalized spacial score (nSPS) is 20.4. The molecule has 7 rings (SSSR count). The van der Waals surface area contributed by atoms with Gasteiger partial charge in [-0.1, -0.05) is 12.1 Å². The number of nitrogens with one attached hydrogen (secondary N) is 1. The Morgan fingerprint density at radius 1 is 0.941 bits per heavy atom. The summed E-state index contributed by atoms with van der Waals surface area (Å²) in [6, 6.07) is 9.47. The van der Waals surface area contributed by atoms with Crippen molar-refractivity contribution in [1.29, 1.82) is 0 Å². The summed E-state index contributed by atoms with van der Waals surface area (Å²) in [5.41, 5.74) is 2.36. The number of ether oxygens (including phenoxy) is 3. The number of hydrogen-bond donors (Lipinski definition) is 2. The molecule has 14 nitrogen and oxygen atoms in total. The number of likely N-dealkylation sites (tertiary alicyclic amines) is 1. The Morgan fingerprint density at radius 2 is 1.65 bits per heavy atom. The Balaban J connectivity index is 0.900. The van der Waals surface area contributed by atoms with E-state index in [0.717, 1.165) is 57.1 Å². The van der Waals surface area contributed by atoms with Crippen molar-refractivity contribution in [2.24, 2.45) is 0 Å². The molecule has 272 valence electrons. The summed E-state index contributed by atoms with van der Waals surface area (Å²) in [5.74, 6) is 2.23. The second-order valence-electron chi connectivity index (χ2n) is 15.1. The third kappa shape index (κ3) is 8.11. The van der Waals surface area contributed by atoms with Crippen LogP contribution in [-0.4, -0.2) is 102 Å². The molecule has 5 heterocycles. The van der Waals surface area contributed by atoms with E-state index in [1.54, 1.807) is 29.4 Å². The molecule has 3 aromatic heterocycles. The van der Waals surface area contributed by atoms with E-state index in [4.69, 9.17) is 19.3 Å². The molecule has 3 aliphatic rings. The second-order valence-corrected chi connectivity index (χ2v) is 15.1. The van der Waals surface area contributed by atoms with Crippen molar-refractivity contribution in [3.8, 4) is 22.8 Å². The first-order chi connectivity index (χ1) is 24.5. The van der Waals surface area contributed by atoms with Gasteiger partial charge in [0, 0.05) is 50.6 Å². The number of phenolic OH excluding ortho intramolecular Hbond substituents is 1. The Kier molecular flexibility index (Phi) is 9.86. The number of carbonyl (C=O) groups is 1. The van der Waals surface area contributed by atoms with Gasteiger partial charge in [-0.2, -0.15) is 5.10 Å². The molecule has 0 unspecified atom stereocenters. The predicted molar refractivity (Wildman–Crippen MR) is 193 cm³/mol. The van der Waals surface area contributed by atoms with Gasteiger partial charge >= 0.3 is 6.09 Å². The number of aromatic nitrogens is 6. The van der Waals surface area contributed by atoms with Gasteiger partial charge in [0.05, 0.1) is 41.9 Å². The third-order valence-corrected chi connectivity index (χ3v) is 9.60. The molecule has 3 fully saturated rings. The van der Waals surface area contributed by atoms with E-state index in [2.05, 4.69) is 48.9 Å². The largest absolute Gasteiger partial charge is 0.507 e. The Hall–Kier alpha value is -4.72. The smallest absolute Gasteiger partial charge is 0.410 e. The topological polar surface area (TPSA) is 153 Å². The molecule has 51 heavy (non-hydrogen) atoms. The number of piperidine rings is 2. The van der Waals surface area contributed by atoms with E-state index in [1.807, 2.05) is 39.0 Å². The number of rotatable bonds is 9. The lowest BCUT2D eigenvalue weighted by Gasteiger charge is -2.40. The molecule has 0 atom stereocenters. The van der Waals surface area contributed by atoms with Crippen LogP contribution in [0.4, 0.5) is 16.6 Å². The highest BCUT2D eigenvalue weighted by molar-refractivity contribution is 5.88.